The van der Waals surface area contributed by atoms with Crippen LogP contribution in [0.5, 0.6) is 0 Å². The number of benzene rings is 1. The second-order valence-electron chi connectivity index (χ2n) is 6.00. The Morgan fingerprint density at radius 1 is 1.37 bits per heavy atom. The van der Waals surface area contributed by atoms with E-state index < -0.39 is 0 Å². The van der Waals surface area contributed by atoms with Gasteiger partial charge in [0.15, 0.2) is 0 Å². The molecule has 106 valence electrons. The minimum atomic E-state index is 0.713. The summed E-state index contributed by atoms with van der Waals surface area (Å²) in [5.41, 5.74) is 2.50. The molecule has 0 heterocycles. The van der Waals surface area contributed by atoms with Gasteiger partial charge in [-0.05, 0) is 37.3 Å². The molecule has 1 fully saturated rings. The number of anilines is 1. The van der Waals surface area contributed by atoms with Crippen LogP contribution in [0.1, 0.15) is 38.7 Å². The van der Waals surface area contributed by atoms with Crippen molar-refractivity contribution < 1.29 is 0 Å². The van der Waals surface area contributed by atoms with E-state index in [2.05, 4.69) is 37.2 Å². The van der Waals surface area contributed by atoms with Crippen molar-refractivity contribution >= 4 is 17.3 Å². The van der Waals surface area contributed by atoms with Crippen LogP contribution < -0.4 is 10.2 Å². The Bertz CT molecular complexity index is 413. The van der Waals surface area contributed by atoms with Gasteiger partial charge in [0.2, 0.25) is 0 Å². The van der Waals surface area contributed by atoms with Crippen molar-refractivity contribution in [2.75, 3.05) is 18.5 Å². The normalized spacial score (nSPS) is 15.0. The topological polar surface area (TPSA) is 15.3 Å². The molecule has 0 unspecified atom stereocenters. The van der Waals surface area contributed by atoms with E-state index in [0.717, 1.165) is 24.0 Å². The third-order valence-corrected chi connectivity index (χ3v) is 4.05. The van der Waals surface area contributed by atoms with Crippen molar-refractivity contribution in [1.29, 1.82) is 0 Å². The first-order valence-electron chi connectivity index (χ1n) is 7.30. The summed E-state index contributed by atoms with van der Waals surface area (Å²) in [6.45, 7) is 6.49. The van der Waals surface area contributed by atoms with E-state index in [1.54, 1.807) is 0 Å². The van der Waals surface area contributed by atoms with Gasteiger partial charge in [0.25, 0.3) is 0 Å². The molecular weight excluding hydrogens is 256 g/mol. The van der Waals surface area contributed by atoms with Crippen molar-refractivity contribution in [2.45, 2.75) is 45.7 Å². The molecule has 0 aromatic heterocycles. The molecule has 3 heteroatoms. The van der Waals surface area contributed by atoms with E-state index in [-0.39, 0.29) is 0 Å². The van der Waals surface area contributed by atoms with E-state index in [1.165, 1.54) is 30.5 Å². The first-order valence-corrected chi connectivity index (χ1v) is 7.67. The van der Waals surface area contributed by atoms with Crippen LogP contribution in [-0.4, -0.2) is 19.6 Å². The molecule has 19 heavy (non-hydrogen) atoms. The van der Waals surface area contributed by atoms with E-state index in [9.17, 15) is 0 Å². The van der Waals surface area contributed by atoms with Crippen LogP contribution in [0.25, 0.3) is 0 Å². The molecule has 0 saturated heterocycles. The van der Waals surface area contributed by atoms with Gasteiger partial charge in [0, 0.05) is 42.5 Å². The molecule has 1 aromatic rings. The van der Waals surface area contributed by atoms with Crippen molar-refractivity contribution in [1.82, 2.24) is 5.32 Å². The molecule has 0 atom stereocenters. The number of hydrogen-bond acceptors (Lipinski definition) is 2. The summed E-state index contributed by atoms with van der Waals surface area (Å²) in [5.74, 6) is 0.731. The zero-order valence-electron chi connectivity index (χ0n) is 12.2. The van der Waals surface area contributed by atoms with E-state index in [4.69, 9.17) is 11.6 Å². The van der Waals surface area contributed by atoms with Gasteiger partial charge >= 0.3 is 0 Å². The first-order chi connectivity index (χ1) is 9.08. The predicted molar refractivity (Wildman–Crippen MR) is 84.0 cm³/mol. The molecule has 0 radical (unpaired) electrons. The standard InChI is InChI=1S/C16H25ClN2/c1-12(2)9-10-19(3)16-6-4-5-15(17)14(16)11-18-13-7-8-13/h4-6,12-13,18H,7-11H2,1-3H3. The fraction of sp³-hybridized carbons (Fsp3) is 0.625. The van der Waals surface area contributed by atoms with Crippen molar-refractivity contribution in [3.8, 4) is 0 Å². The first kappa shape index (κ1) is 14.7. The lowest BCUT2D eigenvalue weighted by atomic mass is 10.1. The lowest BCUT2D eigenvalue weighted by molar-refractivity contribution is 0.584. The molecular formula is C16H25ClN2. The summed E-state index contributed by atoms with van der Waals surface area (Å²) in [5, 5.41) is 4.44. The maximum atomic E-state index is 6.37. The minimum absolute atomic E-state index is 0.713. The third-order valence-electron chi connectivity index (χ3n) is 3.69. The van der Waals surface area contributed by atoms with Crippen LogP contribution in [0.2, 0.25) is 5.02 Å². The SMILES string of the molecule is CC(C)CCN(C)c1cccc(Cl)c1CNC1CC1. The Labute approximate surface area is 122 Å². The molecule has 2 nitrogen and oxygen atoms in total. The van der Waals surface area contributed by atoms with E-state index in [0.29, 0.717) is 6.04 Å². The number of nitrogens with zero attached hydrogens (tertiary/aromatic N) is 1. The summed E-state index contributed by atoms with van der Waals surface area (Å²) in [7, 11) is 2.16. The zero-order valence-corrected chi connectivity index (χ0v) is 13.0. The van der Waals surface area contributed by atoms with Gasteiger partial charge in [-0.25, -0.2) is 0 Å². The maximum absolute atomic E-state index is 6.37. The highest BCUT2D eigenvalue weighted by Crippen LogP contribution is 2.28. The summed E-state index contributed by atoms with van der Waals surface area (Å²) >= 11 is 6.37. The molecule has 1 saturated carbocycles. The predicted octanol–water partition coefficient (Wildman–Crippen LogP) is 4.07. The van der Waals surface area contributed by atoms with E-state index in [1.807, 2.05) is 12.1 Å². The Balaban J connectivity index is 2.06. The molecule has 1 aliphatic carbocycles. The summed E-state index contributed by atoms with van der Waals surface area (Å²) < 4.78 is 0. The van der Waals surface area contributed by atoms with Crippen LogP contribution in [0.4, 0.5) is 5.69 Å². The van der Waals surface area contributed by atoms with Gasteiger partial charge in [-0.15, -0.1) is 0 Å². The highest BCUT2D eigenvalue weighted by atomic mass is 35.5. The number of nitrogens with one attached hydrogen (secondary N) is 1. The lowest BCUT2D eigenvalue weighted by Crippen LogP contribution is -2.23. The Morgan fingerprint density at radius 3 is 2.74 bits per heavy atom. The average Bonchev–Trinajstić information content (AvgIpc) is 3.18. The minimum Gasteiger partial charge on any atom is -0.374 e. The Kier molecular flexibility index (Phi) is 5.12. The van der Waals surface area contributed by atoms with Crippen molar-refractivity contribution in [3.63, 3.8) is 0 Å². The maximum Gasteiger partial charge on any atom is 0.0471 e. The second kappa shape index (κ2) is 6.62. The molecule has 0 amide bonds. The zero-order chi connectivity index (χ0) is 13.8. The smallest absolute Gasteiger partial charge is 0.0471 e. The highest BCUT2D eigenvalue weighted by Gasteiger charge is 2.21. The molecule has 1 aromatic carbocycles. The fourth-order valence-electron chi connectivity index (χ4n) is 2.19. The largest absolute Gasteiger partial charge is 0.374 e. The monoisotopic (exact) mass is 280 g/mol. The Morgan fingerprint density at radius 2 is 2.11 bits per heavy atom. The molecule has 1 N–H and O–H groups in total. The molecule has 0 spiro atoms. The third kappa shape index (κ3) is 4.39. The highest BCUT2D eigenvalue weighted by molar-refractivity contribution is 6.31. The van der Waals surface area contributed by atoms with Crippen LogP contribution in [0, 0.1) is 5.92 Å². The van der Waals surface area contributed by atoms with Crippen LogP contribution in [0.15, 0.2) is 18.2 Å². The average molecular weight is 281 g/mol. The molecule has 2 rings (SSSR count). The van der Waals surface area contributed by atoms with Gasteiger partial charge in [0.1, 0.15) is 0 Å². The molecule has 1 aliphatic rings. The van der Waals surface area contributed by atoms with Crippen molar-refractivity contribution in [2.24, 2.45) is 5.92 Å². The van der Waals surface area contributed by atoms with Gasteiger partial charge in [-0.1, -0.05) is 31.5 Å². The number of hydrogen-bond donors (Lipinski definition) is 1. The number of halogens is 1. The van der Waals surface area contributed by atoms with Gasteiger partial charge < -0.3 is 10.2 Å². The van der Waals surface area contributed by atoms with Crippen LogP contribution in [-0.2, 0) is 6.54 Å². The van der Waals surface area contributed by atoms with Gasteiger partial charge in [0.05, 0.1) is 0 Å². The van der Waals surface area contributed by atoms with Crippen molar-refractivity contribution in [3.05, 3.63) is 28.8 Å². The Hall–Kier alpha value is -0.730. The van der Waals surface area contributed by atoms with Crippen LogP contribution in [0.3, 0.4) is 0 Å². The summed E-state index contributed by atoms with van der Waals surface area (Å²) in [6.07, 6.45) is 3.82. The number of rotatable bonds is 7. The molecule has 0 bridgehead atoms. The second-order valence-corrected chi connectivity index (χ2v) is 6.40. The van der Waals surface area contributed by atoms with Gasteiger partial charge in [-0.3, -0.25) is 0 Å². The lowest BCUT2D eigenvalue weighted by Gasteiger charge is -2.24. The summed E-state index contributed by atoms with van der Waals surface area (Å²) in [6, 6.07) is 6.93. The fourth-order valence-corrected chi connectivity index (χ4v) is 2.42. The summed E-state index contributed by atoms with van der Waals surface area (Å²) in [4.78, 5) is 2.33. The van der Waals surface area contributed by atoms with E-state index >= 15 is 0 Å². The molecule has 0 aliphatic heterocycles. The van der Waals surface area contributed by atoms with Crippen LogP contribution >= 0.6 is 11.6 Å². The quantitative estimate of drug-likeness (QED) is 0.810. The van der Waals surface area contributed by atoms with Gasteiger partial charge in [-0.2, -0.15) is 0 Å².